The summed E-state index contributed by atoms with van der Waals surface area (Å²) in [6, 6.07) is 0. The summed E-state index contributed by atoms with van der Waals surface area (Å²) in [6.45, 7) is 1.60. The van der Waals surface area contributed by atoms with E-state index in [4.69, 9.17) is 0 Å². The van der Waals surface area contributed by atoms with E-state index in [1.165, 1.54) is 6.08 Å². The number of hydrogen-bond acceptors (Lipinski definition) is 4. The van der Waals surface area contributed by atoms with E-state index < -0.39 is 0 Å². The molecule has 0 radical (unpaired) electrons. The van der Waals surface area contributed by atoms with Gasteiger partial charge in [-0.25, -0.2) is 0 Å². The first-order valence-electron chi connectivity index (χ1n) is 4.06. The Hall–Kier alpha value is -0.740. The SMILES string of the molecule is CC1=C(S)C(=O)C(C/C=C/S)=CC1=O. The molecule has 74 valence electrons. The van der Waals surface area contributed by atoms with E-state index in [0.717, 1.165) is 0 Å². The van der Waals surface area contributed by atoms with Gasteiger partial charge in [0.1, 0.15) is 0 Å². The van der Waals surface area contributed by atoms with E-state index in [-0.39, 0.29) is 16.5 Å². The van der Waals surface area contributed by atoms with Crippen LogP contribution < -0.4 is 0 Å². The lowest BCUT2D eigenvalue weighted by Gasteiger charge is -2.11. The Bertz CT molecular complexity index is 376. The van der Waals surface area contributed by atoms with Crippen LogP contribution in [0.15, 0.2) is 33.6 Å². The Kier molecular flexibility index (Phi) is 3.77. The minimum atomic E-state index is -0.170. The Morgan fingerprint density at radius 3 is 2.64 bits per heavy atom. The van der Waals surface area contributed by atoms with Crippen LogP contribution in [0.1, 0.15) is 13.3 Å². The summed E-state index contributed by atoms with van der Waals surface area (Å²) in [5.74, 6) is -0.311. The van der Waals surface area contributed by atoms with Crippen molar-refractivity contribution >= 4 is 36.8 Å². The Balaban J connectivity index is 2.97. The molecule has 0 bridgehead atoms. The first-order chi connectivity index (χ1) is 6.57. The zero-order chi connectivity index (χ0) is 10.7. The number of allylic oxidation sites excluding steroid dienone is 5. The molecule has 1 rings (SSSR count). The second-order valence-corrected chi connectivity index (χ2v) is 3.67. The lowest BCUT2D eigenvalue weighted by molar-refractivity contribution is -0.115. The molecule has 2 nitrogen and oxygen atoms in total. The van der Waals surface area contributed by atoms with Crippen molar-refractivity contribution in [2.75, 3.05) is 0 Å². The molecule has 0 aromatic rings. The second-order valence-electron chi connectivity index (χ2n) is 2.93. The lowest BCUT2D eigenvalue weighted by Crippen LogP contribution is -2.14. The molecule has 0 N–H and O–H groups in total. The van der Waals surface area contributed by atoms with Crippen molar-refractivity contribution in [2.24, 2.45) is 0 Å². The van der Waals surface area contributed by atoms with Crippen LogP contribution >= 0.6 is 25.3 Å². The van der Waals surface area contributed by atoms with Gasteiger partial charge in [-0.15, -0.1) is 12.6 Å². The topological polar surface area (TPSA) is 34.1 Å². The van der Waals surface area contributed by atoms with Gasteiger partial charge >= 0.3 is 0 Å². The fraction of sp³-hybridized carbons (Fsp3) is 0.200. The van der Waals surface area contributed by atoms with Crippen LogP contribution in [0, 0.1) is 0 Å². The average Bonchev–Trinajstić information content (AvgIpc) is 2.18. The van der Waals surface area contributed by atoms with E-state index >= 15 is 0 Å². The van der Waals surface area contributed by atoms with Crippen molar-refractivity contribution in [1.29, 1.82) is 0 Å². The summed E-state index contributed by atoms with van der Waals surface area (Å²) in [4.78, 5) is 23.2. The maximum absolute atomic E-state index is 11.6. The molecule has 0 saturated heterocycles. The maximum Gasteiger partial charge on any atom is 0.195 e. The van der Waals surface area contributed by atoms with Gasteiger partial charge in [-0.05, 0) is 24.8 Å². The van der Waals surface area contributed by atoms with Crippen molar-refractivity contribution in [3.8, 4) is 0 Å². The van der Waals surface area contributed by atoms with Gasteiger partial charge in [0, 0.05) is 11.1 Å². The van der Waals surface area contributed by atoms with E-state index in [9.17, 15) is 9.59 Å². The van der Waals surface area contributed by atoms with E-state index in [0.29, 0.717) is 17.6 Å². The molecule has 0 amide bonds. The average molecular weight is 226 g/mol. The fourth-order valence-electron chi connectivity index (χ4n) is 1.10. The molecule has 0 atom stereocenters. The molecule has 14 heavy (non-hydrogen) atoms. The standard InChI is InChI=1S/C10H10O2S2/c1-6-8(11)5-7(3-2-4-13)9(12)10(6)14/h2,4-5,13-14H,3H2,1H3/b4-2+. The molecule has 0 unspecified atom stereocenters. The van der Waals surface area contributed by atoms with Gasteiger partial charge in [-0.3, -0.25) is 9.59 Å². The summed E-state index contributed by atoms with van der Waals surface area (Å²) in [5.41, 5.74) is 0.882. The molecular weight excluding hydrogens is 216 g/mol. The third kappa shape index (κ3) is 2.19. The third-order valence-electron chi connectivity index (χ3n) is 1.98. The summed E-state index contributed by atoms with van der Waals surface area (Å²) < 4.78 is 0. The molecule has 0 aromatic heterocycles. The predicted octanol–water partition coefficient (Wildman–Crippen LogP) is 2.10. The number of thiol groups is 2. The van der Waals surface area contributed by atoms with Crippen molar-refractivity contribution < 1.29 is 9.59 Å². The fourth-order valence-corrected chi connectivity index (χ4v) is 1.46. The number of carbonyl (C=O) groups excluding carboxylic acids is 2. The molecule has 1 aliphatic carbocycles. The Morgan fingerprint density at radius 2 is 2.07 bits per heavy atom. The molecule has 1 aliphatic rings. The smallest absolute Gasteiger partial charge is 0.195 e. The van der Waals surface area contributed by atoms with Crippen LogP contribution in [-0.2, 0) is 9.59 Å². The van der Waals surface area contributed by atoms with E-state index in [1.807, 2.05) is 0 Å². The van der Waals surface area contributed by atoms with Gasteiger partial charge in [0.2, 0.25) is 0 Å². The van der Waals surface area contributed by atoms with Crippen LogP contribution in [-0.4, -0.2) is 11.6 Å². The lowest BCUT2D eigenvalue weighted by atomic mass is 9.96. The third-order valence-corrected chi connectivity index (χ3v) is 2.73. The minimum absolute atomic E-state index is 0.142. The van der Waals surface area contributed by atoms with E-state index in [1.54, 1.807) is 18.4 Å². The highest BCUT2D eigenvalue weighted by molar-refractivity contribution is 7.85. The van der Waals surface area contributed by atoms with Crippen LogP contribution in [0.4, 0.5) is 0 Å². The van der Waals surface area contributed by atoms with Gasteiger partial charge in [0.05, 0.1) is 4.91 Å². The van der Waals surface area contributed by atoms with Gasteiger partial charge in [0.25, 0.3) is 0 Å². The number of hydrogen-bond donors (Lipinski definition) is 2. The van der Waals surface area contributed by atoms with Crippen molar-refractivity contribution in [1.82, 2.24) is 0 Å². The number of Topliss-reactive ketones (excluding diaryl/α,β-unsaturated/α-hetero) is 1. The largest absolute Gasteiger partial charge is 0.290 e. The highest BCUT2D eigenvalue weighted by atomic mass is 32.1. The number of rotatable bonds is 2. The number of ketones is 2. The second kappa shape index (κ2) is 4.66. The Labute approximate surface area is 93.6 Å². The van der Waals surface area contributed by atoms with Crippen molar-refractivity contribution in [2.45, 2.75) is 13.3 Å². The summed E-state index contributed by atoms with van der Waals surface area (Å²) >= 11 is 7.89. The van der Waals surface area contributed by atoms with Gasteiger partial charge in [-0.1, -0.05) is 6.08 Å². The zero-order valence-electron chi connectivity index (χ0n) is 7.65. The predicted molar refractivity (Wildman–Crippen MR) is 62.5 cm³/mol. The van der Waals surface area contributed by atoms with Crippen LogP contribution in [0.25, 0.3) is 0 Å². The highest BCUT2D eigenvalue weighted by Gasteiger charge is 2.22. The van der Waals surface area contributed by atoms with Crippen LogP contribution in [0.2, 0.25) is 0 Å². The van der Waals surface area contributed by atoms with Crippen LogP contribution in [0.5, 0.6) is 0 Å². The zero-order valence-corrected chi connectivity index (χ0v) is 9.44. The van der Waals surface area contributed by atoms with Crippen molar-refractivity contribution in [3.05, 3.63) is 33.6 Å². The molecular formula is C10H10O2S2. The first kappa shape index (κ1) is 11.3. The summed E-state index contributed by atoms with van der Waals surface area (Å²) in [7, 11) is 0. The molecule has 0 aliphatic heterocycles. The maximum atomic E-state index is 11.6. The van der Waals surface area contributed by atoms with Crippen molar-refractivity contribution in [3.63, 3.8) is 0 Å². The minimum Gasteiger partial charge on any atom is -0.290 e. The normalized spacial score (nSPS) is 18.1. The van der Waals surface area contributed by atoms with Gasteiger partial charge in [0.15, 0.2) is 11.6 Å². The molecule has 0 spiro atoms. The van der Waals surface area contributed by atoms with Crippen LogP contribution in [0.3, 0.4) is 0 Å². The summed E-state index contributed by atoms with van der Waals surface area (Å²) in [5, 5.41) is 1.54. The number of carbonyl (C=O) groups is 2. The van der Waals surface area contributed by atoms with Gasteiger partial charge < -0.3 is 0 Å². The Morgan fingerprint density at radius 1 is 1.43 bits per heavy atom. The van der Waals surface area contributed by atoms with E-state index in [2.05, 4.69) is 25.3 Å². The molecule has 4 heteroatoms. The highest BCUT2D eigenvalue weighted by Crippen LogP contribution is 2.23. The molecule has 0 aromatic carbocycles. The molecule has 0 saturated carbocycles. The quantitative estimate of drug-likeness (QED) is 0.558. The molecule has 0 heterocycles. The summed E-state index contributed by atoms with van der Waals surface area (Å²) in [6.07, 6.45) is 3.50. The monoisotopic (exact) mass is 226 g/mol. The molecule has 0 fully saturated rings. The van der Waals surface area contributed by atoms with Gasteiger partial charge in [-0.2, -0.15) is 12.6 Å². The first-order valence-corrected chi connectivity index (χ1v) is 5.03.